The van der Waals surface area contributed by atoms with Crippen molar-refractivity contribution in [2.75, 3.05) is 0 Å². The summed E-state index contributed by atoms with van der Waals surface area (Å²) in [6.45, 7) is 0. The third kappa shape index (κ3) is 2.18. The van der Waals surface area contributed by atoms with Crippen molar-refractivity contribution in [1.29, 1.82) is 0 Å². The van der Waals surface area contributed by atoms with Crippen LogP contribution in [0.4, 0.5) is 8.78 Å². The number of pyridine rings is 1. The number of fused-ring (bicyclic) bond motifs is 1. The predicted octanol–water partition coefficient (Wildman–Crippen LogP) is 4.13. The number of hydrogen-bond donors (Lipinski definition) is 1. The molecule has 0 amide bonds. The number of halogens is 3. The summed E-state index contributed by atoms with van der Waals surface area (Å²) in [5.41, 5.74) is 0.697. The minimum absolute atomic E-state index is 0.139. The Morgan fingerprint density at radius 2 is 1.80 bits per heavy atom. The second-order valence-electron chi connectivity index (χ2n) is 4.36. The third-order valence-electron chi connectivity index (χ3n) is 3.01. The highest BCUT2D eigenvalue weighted by atomic mass is 35.5. The van der Waals surface area contributed by atoms with Gasteiger partial charge in [0.05, 0.1) is 5.69 Å². The molecule has 3 aromatic rings. The van der Waals surface area contributed by atoms with Crippen LogP contribution in [0.25, 0.3) is 22.2 Å². The van der Waals surface area contributed by atoms with E-state index in [-0.39, 0.29) is 11.0 Å². The lowest BCUT2D eigenvalue weighted by Gasteiger charge is -2.06. The molecule has 20 heavy (non-hydrogen) atoms. The van der Waals surface area contributed by atoms with Gasteiger partial charge in [-0.1, -0.05) is 11.6 Å². The standard InChI is InChI=1S/C15H8ClF2NO/c16-8-1-4-13-11(5-8)15(20)7-14(19-13)10-3-2-9(17)6-12(10)18/h1-7H,(H,19,20). The Morgan fingerprint density at radius 1 is 1.00 bits per heavy atom. The molecule has 2 aromatic carbocycles. The van der Waals surface area contributed by atoms with Gasteiger partial charge in [-0.2, -0.15) is 0 Å². The van der Waals surface area contributed by atoms with E-state index in [4.69, 9.17) is 11.6 Å². The highest BCUT2D eigenvalue weighted by molar-refractivity contribution is 6.31. The lowest BCUT2D eigenvalue weighted by Crippen LogP contribution is -2.03. The van der Waals surface area contributed by atoms with Crippen molar-refractivity contribution in [1.82, 2.24) is 4.98 Å². The van der Waals surface area contributed by atoms with E-state index in [2.05, 4.69) is 4.98 Å². The van der Waals surface area contributed by atoms with Gasteiger partial charge in [-0.3, -0.25) is 4.79 Å². The molecule has 0 spiro atoms. The number of H-pyrrole nitrogens is 1. The molecule has 1 aromatic heterocycles. The van der Waals surface area contributed by atoms with E-state index in [0.29, 0.717) is 21.6 Å². The summed E-state index contributed by atoms with van der Waals surface area (Å²) in [5, 5.41) is 0.868. The fourth-order valence-electron chi connectivity index (χ4n) is 2.07. The maximum Gasteiger partial charge on any atom is 0.190 e. The molecular weight excluding hydrogens is 284 g/mol. The Labute approximate surface area is 117 Å². The molecule has 0 fully saturated rings. The first-order valence-electron chi connectivity index (χ1n) is 5.82. The van der Waals surface area contributed by atoms with Crippen molar-refractivity contribution >= 4 is 22.5 Å². The van der Waals surface area contributed by atoms with Gasteiger partial charge >= 0.3 is 0 Å². The van der Waals surface area contributed by atoms with Gasteiger partial charge in [-0.05, 0) is 30.3 Å². The second-order valence-corrected chi connectivity index (χ2v) is 4.80. The number of aromatic amines is 1. The van der Waals surface area contributed by atoms with Crippen LogP contribution in [-0.4, -0.2) is 4.98 Å². The first kappa shape index (κ1) is 12.8. The number of benzene rings is 2. The molecule has 0 unspecified atom stereocenters. The van der Waals surface area contributed by atoms with Crippen LogP contribution < -0.4 is 5.43 Å². The predicted molar refractivity (Wildman–Crippen MR) is 74.9 cm³/mol. The number of hydrogen-bond acceptors (Lipinski definition) is 1. The van der Waals surface area contributed by atoms with Gasteiger partial charge in [0.2, 0.25) is 0 Å². The third-order valence-corrected chi connectivity index (χ3v) is 3.25. The largest absolute Gasteiger partial charge is 0.354 e. The fraction of sp³-hybridized carbons (Fsp3) is 0. The summed E-state index contributed by atoms with van der Waals surface area (Å²) in [7, 11) is 0. The zero-order chi connectivity index (χ0) is 14.3. The molecule has 0 aliphatic carbocycles. The van der Waals surface area contributed by atoms with Crippen LogP contribution in [0.15, 0.2) is 47.3 Å². The van der Waals surface area contributed by atoms with Crippen LogP contribution >= 0.6 is 11.6 Å². The van der Waals surface area contributed by atoms with Gasteiger partial charge in [0.15, 0.2) is 5.43 Å². The second kappa shape index (κ2) is 4.72. The normalized spacial score (nSPS) is 10.9. The minimum Gasteiger partial charge on any atom is -0.354 e. The van der Waals surface area contributed by atoms with Crippen LogP contribution in [0.1, 0.15) is 0 Å². The Bertz CT molecular complexity index is 873. The van der Waals surface area contributed by atoms with E-state index in [0.717, 1.165) is 12.1 Å². The molecule has 3 rings (SSSR count). The first-order valence-corrected chi connectivity index (χ1v) is 6.20. The van der Waals surface area contributed by atoms with E-state index in [1.54, 1.807) is 18.2 Å². The van der Waals surface area contributed by atoms with Gasteiger partial charge < -0.3 is 4.98 Å². The SMILES string of the molecule is O=c1cc(-c2ccc(F)cc2F)[nH]c2ccc(Cl)cc12. The molecule has 1 N–H and O–H groups in total. The van der Waals surface area contributed by atoms with Crippen LogP contribution in [0.5, 0.6) is 0 Å². The lowest BCUT2D eigenvalue weighted by atomic mass is 10.1. The minimum atomic E-state index is -0.728. The Kier molecular flexibility index (Phi) is 3.03. The van der Waals surface area contributed by atoms with Gasteiger partial charge in [0, 0.05) is 33.6 Å². The zero-order valence-corrected chi connectivity index (χ0v) is 10.8. The fourth-order valence-corrected chi connectivity index (χ4v) is 2.24. The molecule has 0 bridgehead atoms. The van der Waals surface area contributed by atoms with Gasteiger partial charge in [-0.15, -0.1) is 0 Å². The smallest absolute Gasteiger partial charge is 0.190 e. The van der Waals surface area contributed by atoms with E-state index in [1.807, 2.05) is 0 Å². The van der Waals surface area contributed by atoms with Crippen molar-refractivity contribution in [3.05, 3.63) is 69.3 Å². The van der Waals surface area contributed by atoms with Gasteiger partial charge in [0.1, 0.15) is 11.6 Å². The van der Waals surface area contributed by atoms with Crippen molar-refractivity contribution in [3.8, 4) is 11.3 Å². The van der Waals surface area contributed by atoms with Crippen LogP contribution in [-0.2, 0) is 0 Å². The molecule has 0 aliphatic heterocycles. The molecule has 0 saturated heterocycles. The monoisotopic (exact) mass is 291 g/mol. The molecule has 0 saturated carbocycles. The van der Waals surface area contributed by atoms with E-state index < -0.39 is 11.6 Å². The summed E-state index contributed by atoms with van der Waals surface area (Å²) in [6.07, 6.45) is 0. The van der Waals surface area contributed by atoms with E-state index >= 15 is 0 Å². The molecule has 2 nitrogen and oxygen atoms in total. The lowest BCUT2D eigenvalue weighted by molar-refractivity contribution is 0.585. The summed E-state index contributed by atoms with van der Waals surface area (Å²) in [4.78, 5) is 15.0. The van der Waals surface area contributed by atoms with Gasteiger partial charge in [-0.25, -0.2) is 8.78 Å². The van der Waals surface area contributed by atoms with E-state index in [9.17, 15) is 13.6 Å². The first-order chi connectivity index (χ1) is 9.54. The summed E-state index contributed by atoms with van der Waals surface area (Å²) < 4.78 is 26.7. The number of rotatable bonds is 1. The number of aromatic nitrogens is 1. The molecule has 0 aliphatic rings. The summed E-state index contributed by atoms with van der Waals surface area (Å²) >= 11 is 5.84. The molecule has 100 valence electrons. The topological polar surface area (TPSA) is 32.9 Å². The average Bonchev–Trinajstić information content (AvgIpc) is 2.39. The van der Waals surface area contributed by atoms with Crippen molar-refractivity contribution < 1.29 is 8.78 Å². The molecular formula is C15H8ClF2NO. The maximum absolute atomic E-state index is 13.7. The average molecular weight is 292 g/mol. The highest BCUT2D eigenvalue weighted by Crippen LogP contribution is 2.23. The molecule has 0 radical (unpaired) electrons. The van der Waals surface area contributed by atoms with Crippen molar-refractivity contribution in [3.63, 3.8) is 0 Å². The summed E-state index contributed by atoms with van der Waals surface area (Å²) in [6, 6.07) is 9.30. The summed E-state index contributed by atoms with van der Waals surface area (Å²) in [5.74, 6) is -1.39. The van der Waals surface area contributed by atoms with Crippen molar-refractivity contribution in [2.24, 2.45) is 0 Å². The van der Waals surface area contributed by atoms with E-state index in [1.165, 1.54) is 12.1 Å². The Morgan fingerprint density at radius 3 is 2.55 bits per heavy atom. The van der Waals surface area contributed by atoms with Gasteiger partial charge in [0.25, 0.3) is 0 Å². The Hall–Kier alpha value is -2.20. The molecule has 1 heterocycles. The zero-order valence-electron chi connectivity index (χ0n) is 10.1. The highest BCUT2D eigenvalue weighted by Gasteiger charge is 2.09. The van der Waals surface area contributed by atoms with Crippen molar-refractivity contribution in [2.45, 2.75) is 0 Å². The van der Waals surface area contributed by atoms with Crippen LogP contribution in [0.3, 0.4) is 0 Å². The quantitative estimate of drug-likeness (QED) is 0.718. The number of nitrogens with one attached hydrogen (secondary N) is 1. The molecule has 0 atom stereocenters. The molecule has 5 heteroatoms. The van der Waals surface area contributed by atoms with Crippen LogP contribution in [0.2, 0.25) is 5.02 Å². The van der Waals surface area contributed by atoms with Crippen LogP contribution in [0, 0.1) is 11.6 Å². The Balaban J connectivity index is 2.27. The maximum atomic E-state index is 13.7.